The second kappa shape index (κ2) is 6.80. The van der Waals surface area contributed by atoms with Crippen LogP contribution in [0.5, 0.6) is 17.2 Å². The number of hydrogen-bond donors (Lipinski definition) is 1. The third kappa shape index (κ3) is 3.71. The van der Waals surface area contributed by atoms with E-state index < -0.39 is 40.7 Å². The molecule has 0 aliphatic carbocycles. The monoisotopic (exact) mass is 357 g/mol. The average Bonchev–Trinajstić information content (AvgIpc) is 2.54. The molecule has 10 heteroatoms. The van der Waals surface area contributed by atoms with Gasteiger partial charge in [-0.1, -0.05) is 0 Å². The zero-order valence-corrected chi connectivity index (χ0v) is 12.9. The van der Waals surface area contributed by atoms with Gasteiger partial charge in [0.05, 0.1) is 24.6 Å². The molecule has 1 aromatic heterocycles. The van der Waals surface area contributed by atoms with Gasteiger partial charge in [0.25, 0.3) is 17.9 Å². The van der Waals surface area contributed by atoms with Gasteiger partial charge in [0, 0.05) is 13.0 Å². The van der Waals surface area contributed by atoms with Crippen LogP contribution < -0.4 is 15.0 Å². The predicted octanol–water partition coefficient (Wildman–Crippen LogP) is 3.49. The summed E-state index contributed by atoms with van der Waals surface area (Å²) in [6, 6.07) is 3.39. The van der Waals surface area contributed by atoms with Crippen LogP contribution in [-0.2, 0) is 5.92 Å². The summed E-state index contributed by atoms with van der Waals surface area (Å²) in [5.74, 6) is -5.20. The van der Waals surface area contributed by atoms with Gasteiger partial charge in [0.1, 0.15) is 17.6 Å². The molecular formula is C15H11F4N3O3. The van der Waals surface area contributed by atoms with Crippen LogP contribution in [0.2, 0.25) is 0 Å². The molecule has 0 radical (unpaired) electrons. The van der Waals surface area contributed by atoms with Gasteiger partial charge in [-0.2, -0.15) is 14.0 Å². The van der Waals surface area contributed by atoms with Gasteiger partial charge in [-0.3, -0.25) is 4.79 Å². The highest BCUT2D eigenvalue weighted by Gasteiger charge is 2.33. The molecule has 0 spiro atoms. The van der Waals surface area contributed by atoms with Crippen LogP contribution in [0.1, 0.15) is 30.2 Å². The van der Waals surface area contributed by atoms with Gasteiger partial charge in [0.15, 0.2) is 5.69 Å². The molecule has 2 rings (SSSR count). The van der Waals surface area contributed by atoms with Crippen molar-refractivity contribution >= 4 is 0 Å². The van der Waals surface area contributed by atoms with Crippen LogP contribution in [0.4, 0.5) is 17.6 Å². The fourth-order valence-electron chi connectivity index (χ4n) is 2.00. The topological polar surface area (TPSA) is 88.0 Å². The number of alkyl halides is 4. The fourth-order valence-corrected chi connectivity index (χ4v) is 2.00. The lowest BCUT2D eigenvalue weighted by Crippen LogP contribution is -2.20. The van der Waals surface area contributed by atoms with E-state index in [-0.39, 0.29) is 11.3 Å². The lowest BCUT2D eigenvalue weighted by atomic mass is 10.1. The number of benzene rings is 1. The first kappa shape index (κ1) is 18.3. The van der Waals surface area contributed by atoms with E-state index >= 15 is 0 Å². The van der Waals surface area contributed by atoms with Crippen molar-refractivity contribution in [2.75, 3.05) is 7.11 Å². The molecule has 1 heterocycles. The van der Waals surface area contributed by atoms with E-state index in [1.807, 2.05) is 4.98 Å². The van der Waals surface area contributed by atoms with Crippen LogP contribution in [0.3, 0.4) is 0 Å². The Morgan fingerprint density at radius 2 is 2.00 bits per heavy atom. The molecule has 0 atom stereocenters. The molecule has 1 N–H and O–H groups in total. The summed E-state index contributed by atoms with van der Waals surface area (Å²) < 4.78 is 63.6. The lowest BCUT2D eigenvalue weighted by molar-refractivity contribution is 0.0102. The number of halogens is 4. The van der Waals surface area contributed by atoms with Gasteiger partial charge in [-0.15, -0.1) is 0 Å². The number of aromatic amines is 1. The van der Waals surface area contributed by atoms with E-state index in [2.05, 4.69) is 4.98 Å². The highest BCUT2D eigenvalue weighted by Crippen LogP contribution is 2.39. The Hall–Kier alpha value is -3.09. The lowest BCUT2D eigenvalue weighted by Gasteiger charge is -2.16. The Morgan fingerprint density at radius 1 is 1.32 bits per heavy atom. The Bertz CT molecular complexity index is 885. The van der Waals surface area contributed by atoms with Crippen molar-refractivity contribution in [3.8, 4) is 23.3 Å². The second-order valence-electron chi connectivity index (χ2n) is 4.90. The highest BCUT2D eigenvalue weighted by atomic mass is 19.3. The summed E-state index contributed by atoms with van der Waals surface area (Å²) in [4.78, 5) is 17.2. The summed E-state index contributed by atoms with van der Waals surface area (Å²) >= 11 is 0. The van der Waals surface area contributed by atoms with Crippen LogP contribution >= 0.6 is 0 Å². The van der Waals surface area contributed by atoms with E-state index in [0.29, 0.717) is 6.92 Å². The number of methoxy groups -OCH3 is 1. The molecule has 0 saturated carbocycles. The minimum atomic E-state index is -3.55. The predicted molar refractivity (Wildman–Crippen MR) is 77.2 cm³/mol. The van der Waals surface area contributed by atoms with Crippen molar-refractivity contribution in [1.29, 1.82) is 5.26 Å². The normalized spacial score (nSPS) is 11.3. The van der Waals surface area contributed by atoms with Crippen LogP contribution in [0, 0.1) is 11.3 Å². The molecule has 6 nitrogen and oxygen atoms in total. The minimum absolute atomic E-state index is 0.118. The van der Waals surface area contributed by atoms with Crippen molar-refractivity contribution in [3.63, 3.8) is 0 Å². The van der Waals surface area contributed by atoms with Crippen LogP contribution in [-0.4, -0.2) is 17.1 Å². The summed E-state index contributed by atoms with van der Waals surface area (Å²) in [5.41, 5.74) is -3.05. The standard InChI is InChI=1S/C15H11F4N3O3/c1-15(18,19)12-11(14(23)22-6-21-12)25-10-4-9(24-2)7(5-20)3-8(10)13(16)17/h3-4,6,13H,1-2H3,(H,21,22,23). The Morgan fingerprint density at radius 3 is 2.52 bits per heavy atom. The molecular weight excluding hydrogens is 346 g/mol. The second-order valence-corrected chi connectivity index (χ2v) is 4.90. The molecule has 1 aromatic carbocycles. The number of H-pyrrole nitrogens is 1. The van der Waals surface area contributed by atoms with Gasteiger partial charge in [-0.25, -0.2) is 13.8 Å². The van der Waals surface area contributed by atoms with E-state index in [0.717, 1.165) is 18.5 Å². The number of nitriles is 1. The first-order chi connectivity index (χ1) is 11.7. The maximum atomic E-state index is 13.6. The number of hydrogen-bond acceptors (Lipinski definition) is 5. The molecule has 0 aliphatic rings. The van der Waals surface area contributed by atoms with Crippen molar-refractivity contribution in [2.45, 2.75) is 19.3 Å². The number of nitrogens with zero attached hydrogens (tertiary/aromatic N) is 2. The number of aromatic nitrogens is 2. The van der Waals surface area contributed by atoms with Gasteiger partial charge in [-0.05, 0) is 6.07 Å². The molecule has 0 amide bonds. The summed E-state index contributed by atoms with van der Waals surface area (Å²) in [6.07, 6.45) is -2.34. The Balaban J connectivity index is 2.66. The number of rotatable bonds is 5. The summed E-state index contributed by atoms with van der Waals surface area (Å²) in [6.45, 7) is 0.481. The Kier molecular flexibility index (Phi) is 4.97. The average molecular weight is 357 g/mol. The largest absolute Gasteiger partial charge is 0.495 e. The van der Waals surface area contributed by atoms with Crippen molar-refractivity contribution in [3.05, 3.63) is 45.6 Å². The maximum absolute atomic E-state index is 13.6. The number of nitrogens with one attached hydrogen (secondary N) is 1. The zero-order chi connectivity index (χ0) is 18.8. The van der Waals surface area contributed by atoms with Gasteiger partial charge >= 0.3 is 0 Å². The smallest absolute Gasteiger partial charge is 0.294 e. The molecule has 0 unspecified atom stereocenters. The molecule has 0 bridgehead atoms. The maximum Gasteiger partial charge on any atom is 0.294 e. The number of ether oxygens (including phenoxy) is 2. The van der Waals surface area contributed by atoms with Gasteiger partial charge in [0.2, 0.25) is 5.75 Å². The van der Waals surface area contributed by atoms with Gasteiger partial charge < -0.3 is 14.5 Å². The first-order valence-electron chi connectivity index (χ1n) is 6.73. The van der Waals surface area contributed by atoms with Crippen molar-refractivity contribution in [1.82, 2.24) is 9.97 Å². The molecule has 25 heavy (non-hydrogen) atoms. The molecule has 0 aliphatic heterocycles. The molecule has 132 valence electrons. The molecule has 0 saturated heterocycles. The molecule has 0 fully saturated rings. The minimum Gasteiger partial charge on any atom is -0.495 e. The SMILES string of the molecule is COc1cc(Oc2c(C(C)(F)F)nc[nH]c2=O)c(C(F)F)cc1C#N. The summed E-state index contributed by atoms with van der Waals surface area (Å²) in [7, 11) is 1.19. The third-order valence-electron chi connectivity index (χ3n) is 3.13. The van der Waals surface area contributed by atoms with E-state index in [1.165, 1.54) is 7.11 Å². The van der Waals surface area contributed by atoms with Crippen LogP contribution in [0.15, 0.2) is 23.3 Å². The Labute approximate surface area is 138 Å². The fraction of sp³-hybridized carbons (Fsp3) is 0.267. The molecule has 2 aromatic rings. The van der Waals surface area contributed by atoms with Crippen LogP contribution in [0.25, 0.3) is 0 Å². The summed E-state index contributed by atoms with van der Waals surface area (Å²) in [5, 5.41) is 8.95. The van der Waals surface area contributed by atoms with E-state index in [1.54, 1.807) is 6.07 Å². The first-order valence-corrected chi connectivity index (χ1v) is 6.73. The zero-order valence-electron chi connectivity index (χ0n) is 12.9. The van der Waals surface area contributed by atoms with Crippen molar-refractivity contribution in [2.24, 2.45) is 0 Å². The quantitative estimate of drug-likeness (QED) is 0.828. The van der Waals surface area contributed by atoms with E-state index in [4.69, 9.17) is 14.7 Å². The third-order valence-corrected chi connectivity index (χ3v) is 3.13. The highest BCUT2D eigenvalue weighted by molar-refractivity contribution is 5.53. The van der Waals surface area contributed by atoms with Crippen molar-refractivity contribution < 1.29 is 27.0 Å². The van der Waals surface area contributed by atoms with E-state index in [9.17, 15) is 22.4 Å².